The Morgan fingerprint density at radius 3 is 2.88 bits per heavy atom. The first-order chi connectivity index (χ1) is 7.66. The van der Waals surface area contributed by atoms with Gasteiger partial charge in [0.1, 0.15) is 16.6 Å². The number of nitrogen functional groups attached to an aromatic ring is 1. The highest BCUT2D eigenvalue weighted by molar-refractivity contribution is 7.10. The molecule has 16 heavy (non-hydrogen) atoms. The van der Waals surface area contributed by atoms with Gasteiger partial charge in [0.2, 0.25) is 0 Å². The molecule has 0 aliphatic heterocycles. The zero-order valence-corrected chi connectivity index (χ0v) is 10.0. The van der Waals surface area contributed by atoms with Crippen LogP contribution in [-0.4, -0.2) is 14.3 Å². The number of aryl methyl sites for hydroxylation is 1. The number of anilines is 2. The second kappa shape index (κ2) is 4.44. The molecule has 0 unspecified atom stereocenters. The van der Waals surface area contributed by atoms with E-state index in [-0.39, 0.29) is 0 Å². The van der Waals surface area contributed by atoms with Gasteiger partial charge in [-0.2, -0.15) is 4.37 Å². The van der Waals surface area contributed by atoms with Gasteiger partial charge < -0.3 is 11.1 Å². The fourth-order valence-corrected chi connectivity index (χ4v) is 1.99. The highest BCUT2D eigenvalue weighted by Crippen LogP contribution is 2.25. The number of nitrogens with two attached hydrogens (primary N) is 1. The Labute approximate surface area is 97.9 Å². The number of rotatable bonds is 3. The molecule has 84 valence electrons. The van der Waals surface area contributed by atoms with E-state index in [1.807, 2.05) is 19.9 Å². The molecule has 0 bridgehead atoms. The molecular formula is C10H13N5S. The van der Waals surface area contributed by atoms with Crippen LogP contribution in [0.3, 0.4) is 0 Å². The van der Waals surface area contributed by atoms with E-state index in [0.717, 1.165) is 22.1 Å². The Morgan fingerprint density at radius 1 is 1.44 bits per heavy atom. The number of hydrogen-bond donors (Lipinski definition) is 2. The molecule has 5 nitrogen and oxygen atoms in total. The summed E-state index contributed by atoms with van der Waals surface area (Å²) in [5.74, 6) is 1.37. The van der Waals surface area contributed by atoms with Crippen LogP contribution in [0.4, 0.5) is 10.8 Å². The van der Waals surface area contributed by atoms with Crippen LogP contribution >= 0.6 is 11.5 Å². The first kappa shape index (κ1) is 10.8. The Hall–Kier alpha value is -1.69. The zero-order valence-electron chi connectivity index (χ0n) is 9.19. The smallest absolute Gasteiger partial charge is 0.142 e. The largest absolute Gasteiger partial charge is 0.383 e. The summed E-state index contributed by atoms with van der Waals surface area (Å²) in [4.78, 5) is 8.35. The fraction of sp³-hybridized carbons (Fsp3) is 0.300. The van der Waals surface area contributed by atoms with E-state index in [1.54, 1.807) is 6.20 Å². The molecular weight excluding hydrogens is 222 g/mol. The Morgan fingerprint density at radius 2 is 2.25 bits per heavy atom. The predicted octanol–water partition coefficient (Wildman–Crippen LogP) is 1.74. The Bertz CT molecular complexity index is 494. The topological polar surface area (TPSA) is 76.7 Å². The van der Waals surface area contributed by atoms with Crippen molar-refractivity contribution in [2.24, 2.45) is 0 Å². The zero-order chi connectivity index (χ0) is 11.5. The molecule has 2 heterocycles. The molecule has 0 saturated carbocycles. The van der Waals surface area contributed by atoms with Crippen LogP contribution in [0, 0.1) is 13.8 Å². The van der Waals surface area contributed by atoms with Gasteiger partial charge in [-0.1, -0.05) is 0 Å². The van der Waals surface area contributed by atoms with Gasteiger partial charge in [0.15, 0.2) is 0 Å². The van der Waals surface area contributed by atoms with Crippen LogP contribution in [0.2, 0.25) is 0 Å². The summed E-state index contributed by atoms with van der Waals surface area (Å²) in [5.41, 5.74) is 7.62. The van der Waals surface area contributed by atoms with Crippen molar-refractivity contribution >= 4 is 22.4 Å². The van der Waals surface area contributed by atoms with E-state index in [2.05, 4.69) is 19.7 Å². The van der Waals surface area contributed by atoms with Gasteiger partial charge in [-0.3, -0.25) is 0 Å². The van der Waals surface area contributed by atoms with Crippen molar-refractivity contribution in [2.45, 2.75) is 20.4 Å². The van der Waals surface area contributed by atoms with E-state index >= 15 is 0 Å². The van der Waals surface area contributed by atoms with E-state index < -0.39 is 0 Å². The summed E-state index contributed by atoms with van der Waals surface area (Å²) in [5, 5.41) is 4.26. The first-order valence-electron chi connectivity index (χ1n) is 4.91. The second-order valence-corrected chi connectivity index (χ2v) is 4.24. The number of nitrogens with one attached hydrogen (secondary N) is 1. The highest BCUT2D eigenvalue weighted by atomic mass is 32.1. The number of hydrogen-bond acceptors (Lipinski definition) is 6. The van der Waals surface area contributed by atoms with Gasteiger partial charge in [-0.05, 0) is 31.4 Å². The third-order valence-electron chi connectivity index (χ3n) is 2.22. The molecule has 2 rings (SSSR count). The predicted molar refractivity (Wildman–Crippen MR) is 65.4 cm³/mol. The second-order valence-electron chi connectivity index (χ2n) is 3.47. The minimum Gasteiger partial charge on any atom is -0.383 e. The van der Waals surface area contributed by atoms with Crippen LogP contribution in [0.25, 0.3) is 0 Å². The van der Waals surface area contributed by atoms with Crippen LogP contribution in [0.1, 0.15) is 17.1 Å². The molecule has 6 heteroatoms. The molecule has 0 fully saturated rings. The maximum Gasteiger partial charge on any atom is 0.142 e. The first-order valence-corrected chi connectivity index (χ1v) is 5.68. The standard InChI is InChI=1S/C10H13N5S/c1-6-9(11)15-16-10(6)13-5-8-3-4-12-7(2)14-8/h3-4,13H,5H2,1-2H3,(H2,11,15). The van der Waals surface area contributed by atoms with Crippen LogP contribution in [-0.2, 0) is 6.54 Å². The van der Waals surface area contributed by atoms with Crippen LogP contribution < -0.4 is 11.1 Å². The van der Waals surface area contributed by atoms with Crippen molar-refractivity contribution < 1.29 is 0 Å². The third-order valence-corrected chi connectivity index (χ3v) is 3.14. The van der Waals surface area contributed by atoms with Gasteiger partial charge in [-0.25, -0.2) is 9.97 Å². The van der Waals surface area contributed by atoms with Crippen molar-refractivity contribution in [2.75, 3.05) is 11.1 Å². The van der Waals surface area contributed by atoms with Crippen LogP contribution in [0.5, 0.6) is 0 Å². The molecule has 0 atom stereocenters. The molecule has 0 radical (unpaired) electrons. The molecule has 3 N–H and O–H groups in total. The van der Waals surface area contributed by atoms with Crippen molar-refractivity contribution in [1.29, 1.82) is 0 Å². The average molecular weight is 235 g/mol. The van der Waals surface area contributed by atoms with Crippen LogP contribution in [0.15, 0.2) is 12.3 Å². The van der Waals surface area contributed by atoms with Gasteiger partial charge in [0.05, 0.1) is 12.2 Å². The molecule has 2 aromatic rings. The molecule has 0 amide bonds. The van der Waals surface area contributed by atoms with Gasteiger partial charge in [0, 0.05) is 11.8 Å². The lowest BCUT2D eigenvalue weighted by atomic mass is 10.3. The Balaban J connectivity index is 2.05. The van der Waals surface area contributed by atoms with Gasteiger partial charge >= 0.3 is 0 Å². The van der Waals surface area contributed by atoms with Gasteiger partial charge in [-0.15, -0.1) is 0 Å². The van der Waals surface area contributed by atoms with E-state index in [9.17, 15) is 0 Å². The summed E-state index contributed by atoms with van der Waals surface area (Å²) in [7, 11) is 0. The highest BCUT2D eigenvalue weighted by Gasteiger charge is 2.06. The summed E-state index contributed by atoms with van der Waals surface area (Å²) >= 11 is 1.37. The number of aromatic nitrogens is 3. The fourth-order valence-electron chi connectivity index (χ4n) is 1.29. The normalized spacial score (nSPS) is 10.4. The van der Waals surface area contributed by atoms with E-state index in [4.69, 9.17) is 5.73 Å². The van der Waals surface area contributed by atoms with Gasteiger partial charge in [0.25, 0.3) is 0 Å². The maximum absolute atomic E-state index is 5.67. The lowest BCUT2D eigenvalue weighted by Gasteiger charge is -2.04. The van der Waals surface area contributed by atoms with Crippen molar-refractivity contribution in [1.82, 2.24) is 14.3 Å². The van der Waals surface area contributed by atoms with E-state index in [1.165, 1.54) is 11.5 Å². The summed E-state index contributed by atoms with van der Waals surface area (Å²) in [6.07, 6.45) is 1.76. The van der Waals surface area contributed by atoms with Crippen molar-refractivity contribution in [3.63, 3.8) is 0 Å². The van der Waals surface area contributed by atoms with Crippen molar-refractivity contribution in [3.05, 3.63) is 29.3 Å². The molecule has 0 saturated heterocycles. The molecule has 0 aliphatic carbocycles. The minimum absolute atomic E-state index is 0.589. The lowest BCUT2D eigenvalue weighted by molar-refractivity contribution is 0.956. The minimum atomic E-state index is 0.589. The molecule has 0 aromatic carbocycles. The number of nitrogens with zero attached hydrogens (tertiary/aromatic N) is 3. The summed E-state index contributed by atoms with van der Waals surface area (Å²) < 4.78 is 4.07. The third kappa shape index (κ3) is 2.27. The SMILES string of the molecule is Cc1nccc(CNc2snc(N)c2C)n1. The summed E-state index contributed by atoms with van der Waals surface area (Å²) in [6.45, 7) is 4.48. The monoisotopic (exact) mass is 235 g/mol. The van der Waals surface area contributed by atoms with Crippen molar-refractivity contribution in [3.8, 4) is 0 Å². The molecule has 2 aromatic heterocycles. The van der Waals surface area contributed by atoms with E-state index in [0.29, 0.717) is 12.4 Å². The molecule has 0 spiro atoms. The molecule has 0 aliphatic rings. The average Bonchev–Trinajstić information content (AvgIpc) is 2.57. The maximum atomic E-state index is 5.67. The summed E-state index contributed by atoms with van der Waals surface area (Å²) in [6, 6.07) is 1.89. The Kier molecular flexibility index (Phi) is 3.00. The quantitative estimate of drug-likeness (QED) is 0.847. The lowest BCUT2D eigenvalue weighted by Crippen LogP contribution is -2.03.